The number of aryl methyl sites for hydroxylation is 2. The molecule has 2 N–H and O–H groups in total. The zero-order chi connectivity index (χ0) is 23.1. The quantitative estimate of drug-likeness (QED) is 0.453. The molecule has 1 atom stereocenters. The van der Waals surface area contributed by atoms with E-state index < -0.39 is 6.61 Å². The van der Waals surface area contributed by atoms with E-state index in [1.807, 2.05) is 31.5 Å². The minimum atomic E-state index is -2.88. The van der Waals surface area contributed by atoms with Gasteiger partial charge in [0.1, 0.15) is 11.6 Å². The van der Waals surface area contributed by atoms with Gasteiger partial charge in [-0.15, -0.1) is 10.2 Å². The summed E-state index contributed by atoms with van der Waals surface area (Å²) in [7, 11) is 1.91. The molecule has 0 aliphatic carbocycles. The minimum Gasteiger partial charge on any atom is -0.434 e. The second-order valence-electron chi connectivity index (χ2n) is 8.04. The molecule has 176 valence electrons. The number of rotatable bonds is 9. The number of halogens is 2. The van der Waals surface area contributed by atoms with Crippen molar-refractivity contribution in [3.63, 3.8) is 0 Å². The lowest BCUT2D eigenvalue weighted by molar-refractivity contribution is -0.0504. The van der Waals surface area contributed by atoms with Crippen molar-refractivity contribution in [3.8, 4) is 5.75 Å². The highest BCUT2D eigenvalue weighted by atomic mass is 19.3. The molecule has 1 fully saturated rings. The summed E-state index contributed by atoms with van der Waals surface area (Å²) in [6.07, 6.45) is 2.33. The van der Waals surface area contributed by atoms with Gasteiger partial charge in [0.05, 0.1) is 13.1 Å². The molecule has 3 rings (SSSR count). The fourth-order valence-electron chi connectivity index (χ4n) is 3.91. The van der Waals surface area contributed by atoms with Crippen LogP contribution < -0.4 is 15.4 Å². The van der Waals surface area contributed by atoms with Crippen molar-refractivity contribution in [3.05, 3.63) is 41.0 Å². The van der Waals surface area contributed by atoms with Crippen molar-refractivity contribution in [1.29, 1.82) is 0 Å². The summed E-state index contributed by atoms with van der Waals surface area (Å²) in [6.45, 7) is 6.63. The molecule has 0 radical (unpaired) electrons. The van der Waals surface area contributed by atoms with Crippen molar-refractivity contribution < 1.29 is 13.5 Å². The number of guanidine groups is 1. The third kappa shape index (κ3) is 6.38. The number of aliphatic imine (C=N–C) groups is 1. The number of alkyl halides is 2. The van der Waals surface area contributed by atoms with Gasteiger partial charge in [0.2, 0.25) is 0 Å². The summed E-state index contributed by atoms with van der Waals surface area (Å²) in [4.78, 5) is 7.11. The van der Waals surface area contributed by atoms with Crippen LogP contribution in [0.3, 0.4) is 0 Å². The number of hydrogen-bond acceptors (Lipinski definition) is 5. The third-order valence-electron chi connectivity index (χ3n) is 5.85. The van der Waals surface area contributed by atoms with E-state index in [0.29, 0.717) is 24.1 Å². The number of likely N-dealkylation sites (N-methyl/N-ethyl adjacent to an activating group) is 1. The summed E-state index contributed by atoms with van der Waals surface area (Å²) in [5.41, 5.74) is 1.57. The van der Waals surface area contributed by atoms with Gasteiger partial charge in [-0.25, -0.2) is 4.99 Å². The first kappa shape index (κ1) is 23.9. The molecule has 1 aromatic heterocycles. The van der Waals surface area contributed by atoms with Gasteiger partial charge in [-0.05, 0) is 45.8 Å². The van der Waals surface area contributed by atoms with Crippen LogP contribution in [0.2, 0.25) is 0 Å². The molecule has 8 nitrogen and oxygen atoms in total. The van der Waals surface area contributed by atoms with Crippen LogP contribution >= 0.6 is 0 Å². The van der Waals surface area contributed by atoms with E-state index in [9.17, 15) is 8.78 Å². The topological polar surface area (TPSA) is 79.6 Å². The lowest BCUT2D eigenvalue weighted by Crippen LogP contribution is -2.44. The average Bonchev–Trinajstić information content (AvgIpc) is 3.35. The zero-order valence-electron chi connectivity index (χ0n) is 19.2. The van der Waals surface area contributed by atoms with E-state index in [1.54, 1.807) is 12.1 Å². The molecule has 1 aliphatic heterocycles. The van der Waals surface area contributed by atoms with Crippen LogP contribution in [0, 0.1) is 13.8 Å². The minimum absolute atomic E-state index is 0.144. The summed E-state index contributed by atoms with van der Waals surface area (Å²) in [5.74, 6) is 2.35. The smallest absolute Gasteiger partial charge is 0.387 e. The van der Waals surface area contributed by atoms with E-state index >= 15 is 0 Å². The molecule has 0 spiro atoms. The second-order valence-corrected chi connectivity index (χ2v) is 8.04. The Morgan fingerprint density at radius 2 is 2.09 bits per heavy atom. The molecular formula is C22H33F2N7O. The number of benzene rings is 1. The van der Waals surface area contributed by atoms with Crippen LogP contribution in [-0.4, -0.2) is 57.9 Å². The Morgan fingerprint density at radius 3 is 2.78 bits per heavy atom. The maximum Gasteiger partial charge on any atom is 0.387 e. The number of ether oxygens (including phenoxy) is 1. The zero-order valence-corrected chi connectivity index (χ0v) is 19.2. The summed E-state index contributed by atoms with van der Waals surface area (Å²) >= 11 is 0. The van der Waals surface area contributed by atoms with Crippen LogP contribution in [0.25, 0.3) is 0 Å². The van der Waals surface area contributed by atoms with Gasteiger partial charge in [-0.3, -0.25) is 4.90 Å². The molecule has 0 bridgehead atoms. The molecule has 2 heterocycles. The lowest BCUT2D eigenvalue weighted by Gasteiger charge is -2.24. The van der Waals surface area contributed by atoms with Gasteiger partial charge in [-0.1, -0.05) is 24.6 Å². The van der Waals surface area contributed by atoms with E-state index in [2.05, 4.69) is 42.4 Å². The maximum atomic E-state index is 12.8. The second kappa shape index (κ2) is 11.2. The van der Waals surface area contributed by atoms with Crippen molar-refractivity contribution in [2.45, 2.75) is 59.4 Å². The molecule has 10 heteroatoms. The first-order valence-corrected chi connectivity index (χ1v) is 11.0. The van der Waals surface area contributed by atoms with Crippen molar-refractivity contribution in [2.75, 3.05) is 19.6 Å². The van der Waals surface area contributed by atoms with Gasteiger partial charge in [0, 0.05) is 25.2 Å². The Balaban J connectivity index is 1.74. The number of likely N-dealkylation sites (tertiary alicyclic amines) is 1. The maximum absolute atomic E-state index is 12.8. The monoisotopic (exact) mass is 449 g/mol. The average molecular weight is 450 g/mol. The van der Waals surface area contributed by atoms with Crippen LogP contribution in [0.1, 0.15) is 42.5 Å². The van der Waals surface area contributed by atoms with Gasteiger partial charge in [0.15, 0.2) is 11.8 Å². The molecule has 1 aromatic carbocycles. The third-order valence-corrected chi connectivity index (χ3v) is 5.85. The largest absolute Gasteiger partial charge is 0.434 e. The predicted octanol–water partition coefficient (Wildman–Crippen LogP) is 2.75. The summed E-state index contributed by atoms with van der Waals surface area (Å²) in [6, 6.07) is 5.58. The number of nitrogens with zero attached hydrogens (tertiary/aromatic N) is 5. The Morgan fingerprint density at radius 1 is 1.28 bits per heavy atom. The Labute approximate surface area is 188 Å². The SMILES string of the molecule is CCN1CCCC1CNC(=NCc1cc(C)ccc1OC(F)F)NCc1nnc(C)n1C. The first-order chi connectivity index (χ1) is 15.4. The lowest BCUT2D eigenvalue weighted by atomic mass is 10.1. The highest BCUT2D eigenvalue weighted by Crippen LogP contribution is 2.23. The highest BCUT2D eigenvalue weighted by Gasteiger charge is 2.23. The Kier molecular flexibility index (Phi) is 8.38. The van der Waals surface area contributed by atoms with Gasteiger partial charge >= 0.3 is 6.61 Å². The molecule has 2 aromatic rings. The van der Waals surface area contributed by atoms with E-state index in [4.69, 9.17) is 0 Å². The molecular weight excluding hydrogens is 416 g/mol. The van der Waals surface area contributed by atoms with Crippen LogP contribution in [0.5, 0.6) is 5.75 Å². The fourth-order valence-corrected chi connectivity index (χ4v) is 3.91. The van der Waals surface area contributed by atoms with Crippen LogP contribution in [0.15, 0.2) is 23.2 Å². The molecule has 1 saturated heterocycles. The van der Waals surface area contributed by atoms with E-state index in [-0.39, 0.29) is 12.3 Å². The summed E-state index contributed by atoms with van der Waals surface area (Å²) in [5, 5.41) is 15.0. The van der Waals surface area contributed by atoms with Gasteiger partial charge in [-0.2, -0.15) is 8.78 Å². The van der Waals surface area contributed by atoms with E-state index in [1.165, 1.54) is 6.42 Å². The molecule has 1 aliphatic rings. The predicted molar refractivity (Wildman–Crippen MR) is 120 cm³/mol. The number of aromatic nitrogens is 3. The van der Waals surface area contributed by atoms with Crippen molar-refractivity contribution in [1.82, 2.24) is 30.3 Å². The number of hydrogen-bond donors (Lipinski definition) is 2. The van der Waals surface area contributed by atoms with Crippen molar-refractivity contribution >= 4 is 5.96 Å². The van der Waals surface area contributed by atoms with E-state index in [0.717, 1.165) is 43.3 Å². The van der Waals surface area contributed by atoms with Crippen LogP contribution in [-0.2, 0) is 20.1 Å². The fraction of sp³-hybridized carbons (Fsp3) is 0.591. The highest BCUT2D eigenvalue weighted by molar-refractivity contribution is 5.79. The molecule has 1 unspecified atom stereocenters. The summed E-state index contributed by atoms with van der Waals surface area (Å²) < 4.78 is 32.2. The van der Waals surface area contributed by atoms with Gasteiger partial charge in [0.25, 0.3) is 0 Å². The standard InChI is InChI=1S/C22H33F2N7O/c1-5-31-10-6-7-18(31)13-26-22(27-14-20-29-28-16(3)30(20)4)25-12-17-11-15(2)8-9-19(17)32-21(23)24/h8-9,11,18,21H,5-7,10,12-14H2,1-4H3,(H2,25,26,27). The molecule has 32 heavy (non-hydrogen) atoms. The molecule has 0 amide bonds. The van der Waals surface area contributed by atoms with Crippen LogP contribution in [0.4, 0.5) is 8.78 Å². The van der Waals surface area contributed by atoms with Crippen molar-refractivity contribution in [2.24, 2.45) is 12.0 Å². The Bertz CT molecular complexity index is 916. The first-order valence-electron chi connectivity index (χ1n) is 11.0. The normalized spacial score (nSPS) is 17.2. The van der Waals surface area contributed by atoms with Gasteiger partial charge < -0.3 is 19.9 Å². The number of nitrogens with one attached hydrogen (secondary N) is 2. The Hall–Kier alpha value is -2.75. The molecule has 0 saturated carbocycles.